The second kappa shape index (κ2) is 8.33. The van der Waals surface area contributed by atoms with Crippen molar-refractivity contribution in [2.75, 3.05) is 11.9 Å². The largest absolute Gasteiger partial charge is 0.494 e. The molecular weight excluding hydrogens is 364 g/mol. The third kappa shape index (κ3) is 5.45. The molecule has 0 saturated carbocycles. The van der Waals surface area contributed by atoms with Crippen molar-refractivity contribution in [1.29, 1.82) is 0 Å². The third-order valence-corrected chi connectivity index (χ3v) is 5.09. The number of halogens is 1. The van der Waals surface area contributed by atoms with Gasteiger partial charge in [0.15, 0.2) is 0 Å². The summed E-state index contributed by atoms with van der Waals surface area (Å²) in [6.07, 6.45) is 0. The van der Waals surface area contributed by atoms with Crippen LogP contribution in [-0.2, 0) is 14.8 Å². The molecule has 0 aliphatic heterocycles. The number of nitrogens with one attached hydrogen (secondary N) is 2. The number of carbonyl (C=O) groups excluding carboxylic acids is 1. The molecule has 25 heavy (non-hydrogen) atoms. The molecule has 0 heterocycles. The fraction of sp³-hybridized carbons (Fsp3) is 0.235. The van der Waals surface area contributed by atoms with Crippen molar-refractivity contribution in [1.82, 2.24) is 4.72 Å². The predicted molar refractivity (Wildman–Crippen MR) is 97.5 cm³/mol. The van der Waals surface area contributed by atoms with E-state index in [1.54, 1.807) is 24.3 Å². The second-order valence-corrected chi connectivity index (χ2v) is 7.39. The molecule has 2 rings (SSSR count). The van der Waals surface area contributed by atoms with Gasteiger partial charge < -0.3 is 10.1 Å². The summed E-state index contributed by atoms with van der Waals surface area (Å²) in [6, 6.07) is 11.6. The molecule has 0 spiro atoms. The summed E-state index contributed by atoms with van der Waals surface area (Å²) in [5, 5.41) is 3.08. The lowest BCUT2D eigenvalue weighted by atomic mass is 10.2. The van der Waals surface area contributed by atoms with Gasteiger partial charge in [0.05, 0.1) is 17.5 Å². The van der Waals surface area contributed by atoms with Crippen molar-refractivity contribution in [2.24, 2.45) is 0 Å². The van der Waals surface area contributed by atoms with E-state index in [0.29, 0.717) is 23.1 Å². The van der Waals surface area contributed by atoms with Gasteiger partial charge >= 0.3 is 0 Å². The number of benzene rings is 2. The van der Waals surface area contributed by atoms with Crippen LogP contribution in [0.2, 0.25) is 5.02 Å². The number of carbonyl (C=O) groups is 1. The van der Waals surface area contributed by atoms with Gasteiger partial charge in [-0.2, -0.15) is 4.72 Å². The maximum atomic E-state index is 12.3. The monoisotopic (exact) mass is 382 g/mol. The summed E-state index contributed by atoms with van der Waals surface area (Å²) in [5.41, 5.74) is 0.547. The fourth-order valence-corrected chi connectivity index (χ4v) is 3.35. The lowest BCUT2D eigenvalue weighted by molar-refractivity contribution is -0.117. The highest BCUT2D eigenvalue weighted by atomic mass is 35.5. The van der Waals surface area contributed by atoms with E-state index in [2.05, 4.69) is 10.0 Å². The number of hydrogen-bond acceptors (Lipinski definition) is 4. The smallest absolute Gasteiger partial charge is 0.242 e. The van der Waals surface area contributed by atoms with Crippen molar-refractivity contribution in [2.45, 2.75) is 24.8 Å². The van der Waals surface area contributed by atoms with E-state index in [4.69, 9.17) is 16.3 Å². The highest BCUT2D eigenvalue weighted by Gasteiger charge is 2.22. The van der Waals surface area contributed by atoms with Crippen LogP contribution in [0.3, 0.4) is 0 Å². The lowest BCUT2D eigenvalue weighted by Gasteiger charge is -2.15. The minimum atomic E-state index is -3.82. The Morgan fingerprint density at radius 1 is 1.12 bits per heavy atom. The molecule has 2 aromatic rings. The fourth-order valence-electron chi connectivity index (χ4n) is 2.02. The zero-order chi connectivity index (χ0) is 18.4. The van der Waals surface area contributed by atoms with Crippen LogP contribution in [0.25, 0.3) is 0 Å². The lowest BCUT2D eigenvalue weighted by Crippen LogP contribution is -2.41. The first kappa shape index (κ1) is 19.2. The number of anilines is 1. The Bertz CT molecular complexity index is 821. The zero-order valence-corrected chi connectivity index (χ0v) is 15.4. The molecule has 0 fully saturated rings. The van der Waals surface area contributed by atoms with Crippen LogP contribution in [0.5, 0.6) is 5.75 Å². The minimum absolute atomic E-state index is 0.0395. The molecule has 1 amide bonds. The summed E-state index contributed by atoms with van der Waals surface area (Å²) in [7, 11) is -3.82. The first-order chi connectivity index (χ1) is 11.8. The number of amides is 1. The molecule has 0 bridgehead atoms. The van der Waals surface area contributed by atoms with E-state index in [1.165, 1.54) is 31.2 Å². The van der Waals surface area contributed by atoms with Crippen LogP contribution in [0.15, 0.2) is 53.4 Å². The Balaban J connectivity index is 2.00. The van der Waals surface area contributed by atoms with Crippen LogP contribution in [0, 0.1) is 0 Å². The topological polar surface area (TPSA) is 84.5 Å². The normalized spacial score (nSPS) is 12.4. The number of ether oxygens (including phenoxy) is 1. The maximum absolute atomic E-state index is 12.3. The molecule has 6 nitrogen and oxygen atoms in total. The maximum Gasteiger partial charge on any atom is 0.242 e. The summed E-state index contributed by atoms with van der Waals surface area (Å²) < 4.78 is 32.2. The van der Waals surface area contributed by atoms with Gasteiger partial charge in [0.25, 0.3) is 0 Å². The second-order valence-electron chi connectivity index (χ2n) is 5.24. The zero-order valence-electron chi connectivity index (χ0n) is 13.8. The molecule has 0 aliphatic rings. The molecule has 0 unspecified atom stereocenters. The van der Waals surface area contributed by atoms with Crippen LogP contribution in [0.1, 0.15) is 13.8 Å². The number of rotatable bonds is 7. The summed E-state index contributed by atoms with van der Waals surface area (Å²) >= 11 is 5.75. The van der Waals surface area contributed by atoms with Gasteiger partial charge in [-0.05, 0) is 62.4 Å². The molecule has 8 heteroatoms. The Morgan fingerprint density at radius 2 is 1.72 bits per heavy atom. The average molecular weight is 383 g/mol. The highest BCUT2D eigenvalue weighted by Crippen LogP contribution is 2.17. The van der Waals surface area contributed by atoms with Crippen molar-refractivity contribution >= 4 is 33.2 Å². The quantitative estimate of drug-likeness (QED) is 0.770. The van der Waals surface area contributed by atoms with E-state index in [9.17, 15) is 13.2 Å². The first-order valence-corrected chi connectivity index (χ1v) is 9.49. The molecule has 2 aromatic carbocycles. The van der Waals surface area contributed by atoms with E-state index in [0.717, 1.165) is 0 Å². The van der Waals surface area contributed by atoms with Crippen molar-refractivity contribution in [3.63, 3.8) is 0 Å². The Morgan fingerprint density at radius 3 is 2.28 bits per heavy atom. The Labute approximate surface area is 152 Å². The first-order valence-electron chi connectivity index (χ1n) is 7.63. The molecule has 2 N–H and O–H groups in total. The van der Waals surface area contributed by atoms with Crippen molar-refractivity contribution in [3.05, 3.63) is 53.6 Å². The van der Waals surface area contributed by atoms with Crippen molar-refractivity contribution in [3.8, 4) is 5.75 Å². The van der Waals surface area contributed by atoms with Gasteiger partial charge in [0.1, 0.15) is 5.75 Å². The predicted octanol–water partition coefficient (Wildman–Crippen LogP) is 3.04. The van der Waals surface area contributed by atoms with Crippen LogP contribution in [-0.4, -0.2) is 27.0 Å². The summed E-state index contributed by atoms with van der Waals surface area (Å²) in [6.45, 7) is 3.90. The van der Waals surface area contributed by atoms with E-state index < -0.39 is 22.0 Å². The van der Waals surface area contributed by atoms with Gasteiger partial charge in [-0.3, -0.25) is 4.79 Å². The Hall–Kier alpha value is -2.09. The molecular formula is C17H19ClN2O4S. The number of hydrogen-bond donors (Lipinski definition) is 2. The van der Waals surface area contributed by atoms with Gasteiger partial charge in [-0.15, -0.1) is 0 Å². The third-order valence-electron chi connectivity index (χ3n) is 3.28. The standard InChI is InChI=1S/C17H19ClN2O4S/c1-3-24-15-8-6-14(7-9-15)19-17(21)12(2)20-25(22,23)16-10-4-13(18)5-11-16/h4-12,20H,3H2,1-2H3,(H,19,21)/t12-/m1/s1. The molecule has 134 valence electrons. The molecule has 1 atom stereocenters. The molecule has 0 aromatic heterocycles. The van der Waals surface area contributed by atoms with Crippen LogP contribution < -0.4 is 14.8 Å². The van der Waals surface area contributed by atoms with E-state index in [-0.39, 0.29) is 4.90 Å². The number of sulfonamides is 1. The summed E-state index contributed by atoms with van der Waals surface area (Å²) in [5.74, 6) is 0.221. The summed E-state index contributed by atoms with van der Waals surface area (Å²) in [4.78, 5) is 12.2. The minimum Gasteiger partial charge on any atom is -0.494 e. The Kier molecular flexibility index (Phi) is 6.41. The van der Waals surface area contributed by atoms with Crippen LogP contribution >= 0.6 is 11.6 Å². The van der Waals surface area contributed by atoms with E-state index in [1.807, 2.05) is 6.92 Å². The van der Waals surface area contributed by atoms with Gasteiger partial charge in [-0.25, -0.2) is 8.42 Å². The molecule has 0 aliphatic carbocycles. The molecule has 0 saturated heterocycles. The van der Waals surface area contributed by atoms with Crippen molar-refractivity contribution < 1.29 is 17.9 Å². The van der Waals surface area contributed by atoms with Gasteiger partial charge in [0, 0.05) is 10.7 Å². The average Bonchev–Trinajstić information content (AvgIpc) is 2.57. The van der Waals surface area contributed by atoms with Gasteiger partial charge in [-0.1, -0.05) is 11.6 Å². The van der Waals surface area contributed by atoms with Crippen LogP contribution in [0.4, 0.5) is 5.69 Å². The van der Waals surface area contributed by atoms with E-state index >= 15 is 0 Å². The van der Waals surface area contributed by atoms with Gasteiger partial charge in [0.2, 0.25) is 15.9 Å². The SMILES string of the molecule is CCOc1ccc(NC(=O)[C@@H](C)NS(=O)(=O)c2ccc(Cl)cc2)cc1. The molecule has 0 radical (unpaired) electrons. The highest BCUT2D eigenvalue weighted by molar-refractivity contribution is 7.89.